The molecule has 0 amide bonds. The van der Waals surface area contributed by atoms with Crippen LogP contribution in [0.5, 0.6) is 0 Å². The summed E-state index contributed by atoms with van der Waals surface area (Å²) < 4.78 is 0.370. The van der Waals surface area contributed by atoms with Gasteiger partial charge >= 0.3 is 0 Å². The van der Waals surface area contributed by atoms with E-state index in [1.54, 1.807) is 5.17 Å². The molecule has 2 atom stereocenters. The Morgan fingerprint density at radius 1 is 1.45 bits per heavy atom. The van der Waals surface area contributed by atoms with E-state index in [9.17, 15) is 0 Å². The zero-order valence-electron chi connectivity index (χ0n) is 5.78. The summed E-state index contributed by atoms with van der Waals surface area (Å²) in [5, 5.41) is 6.12. The normalized spacial score (nSPS) is 44.4. The van der Waals surface area contributed by atoms with E-state index in [1.165, 1.54) is 0 Å². The van der Waals surface area contributed by atoms with Crippen LogP contribution in [0.3, 0.4) is 0 Å². The van der Waals surface area contributed by atoms with Gasteiger partial charge in [-0.15, -0.1) is 23.5 Å². The average Bonchev–Trinajstić information content (AvgIpc) is 2.55. The van der Waals surface area contributed by atoms with Crippen LogP contribution in [0.15, 0.2) is 23.0 Å². The Bertz CT molecular complexity index is 288. The van der Waals surface area contributed by atoms with Gasteiger partial charge in [-0.1, -0.05) is 12.2 Å². The molecule has 0 aromatic carbocycles. The Kier molecular flexibility index (Phi) is 1.32. The van der Waals surface area contributed by atoms with E-state index in [0.717, 1.165) is 0 Å². The molecule has 0 saturated heterocycles. The van der Waals surface area contributed by atoms with Crippen molar-refractivity contribution in [1.29, 1.82) is 0 Å². The minimum Gasteiger partial charge on any atom is -0.111 e. The molecule has 11 heavy (non-hydrogen) atoms. The zero-order valence-corrected chi connectivity index (χ0v) is 8.57. The summed E-state index contributed by atoms with van der Waals surface area (Å²) >= 11 is 3.94. The van der Waals surface area contributed by atoms with Gasteiger partial charge in [-0.2, -0.15) is 0 Å². The van der Waals surface area contributed by atoms with E-state index in [4.69, 9.17) is 0 Å². The van der Waals surface area contributed by atoms with Crippen LogP contribution in [0, 0.1) is 12.0 Å². The summed E-state index contributed by atoms with van der Waals surface area (Å²) in [5.41, 5.74) is 0. The maximum Gasteiger partial charge on any atom is 0.0964 e. The summed E-state index contributed by atoms with van der Waals surface area (Å²) in [6, 6.07) is 3.58. The fraction of sp³-hybridized carbons (Fsp3) is 0.250. The molecule has 0 saturated carbocycles. The van der Waals surface area contributed by atoms with Crippen molar-refractivity contribution < 1.29 is 0 Å². The van der Waals surface area contributed by atoms with Crippen molar-refractivity contribution >= 4 is 37.8 Å². The minimum atomic E-state index is 0.367. The highest BCUT2D eigenvalue weighted by atomic mass is 32.2. The van der Waals surface area contributed by atoms with Gasteiger partial charge in [0.15, 0.2) is 0 Å². The maximum atomic E-state index is 3.58. The predicted octanol–water partition coefficient (Wildman–Crippen LogP) is 1.48. The Labute approximate surface area is 77.0 Å². The molecule has 0 N–H and O–H groups in total. The fourth-order valence-corrected chi connectivity index (χ4v) is 6.49. The monoisotopic (exact) mass is 194 g/mol. The first kappa shape index (κ1) is 6.75. The molecule has 0 fully saturated rings. The highest BCUT2D eigenvalue weighted by Crippen LogP contribution is 2.56. The molecular weight excluding hydrogens is 188 g/mol. The lowest BCUT2D eigenvalue weighted by atomic mass is 10.1. The number of allylic oxidation sites excluding steroid dienone is 2. The topological polar surface area (TPSA) is 0 Å². The van der Waals surface area contributed by atoms with Gasteiger partial charge in [-0.25, -0.2) is 0 Å². The quantitative estimate of drug-likeness (QED) is 0.536. The van der Waals surface area contributed by atoms with Crippen molar-refractivity contribution in [3.8, 4) is 0 Å². The molecule has 3 aliphatic heterocycles. The van der Waals surface area contributed by atoms with Crippen LogP contribution in [-0.2, 0) is 0 Å². The number of hydrogen-bond donors (Lipinski definition) is 0. The summed E-state index contributed by atoms with van der Waals surface area (Å²) in [6.45, 7) is 0. The molecule has 0 aliphatic carbocycles. The van der Waals surface area contributed by atoms with Gasteiger partial charge < -0.3 is 0 Å². The molecule has 0 aromatic heterocycles. The van der Waals surface area contributed by atoms with Gasteiger partial charge in [-0.3, -0.25) is 0 Å². The number of thioether (sulfide) groups is 2. The molecule has 3 aliphatic rings. The lowest BCUT2D eigenvalue weighted by molar-refractivity contribution is 0.852. The molecule has 1 spiro atoms. The third-order valence-corrected chi connectivity index (χ3v) is 6.96. The second-order valence-corrected chi connectivity index (χ2v) is 6.58. The second kappa shape index (κ2) is 2.15. The summed E-state index contributed by atoms with van der Waals surface area (Å²) in [6.07, 6.45) is 4.59. The van der Waals surface area contributed by atoms with E-state index in [2.05, 4.69) is 29.0 Å². The molecule has 0 bridgehead atoms. The Hall–Kier alpha value is 0.267. The molecule has 3 rings (SSSR count). The van der Waals surface area contributed by atoms with Crippen molar-refractivity contribution in [2.75, 3.05) is 0 Å². The largest absolute Gasteiger partial charge is 0.111 e. The van der Waals surface area contributed by atoms with Gasteiger partial charge in [0, 0.05) is 15.0 Å². The van der Waals surface area contributed by atoms with Gasteiger partial charge in [0.1, 0.15) is 0 Å². The smallest absolute Gasteiger partial charge is 0.0964 e. The first-order chi connectivity index (χ1) is 5.42. The number of rotatable bonds is 0. The highest BCUT2D eigenvalue weighted by molar-refractivity contribution is 8.22. The van der Waals surface area contributed by atoms with Gasteiger partial charge in [0.2, 0.25) is 0 Å². The van der Waals surface area contributed by atoms with Gasteiger partial charge in [0.25, 0.3) is 0 Å². The zero-order chi connectivity index (χ0) is 7.31. The van der Waals surface area contributed by atoms with Crippen molar-refractivity contribution in [3.63, 3.8) is 0 Å². The standard InChI is InChI=1S/C8H6S2Si/c1-3-9-8-6(1)5-11-7(8)2-4-10-8/h1-4,6,11H. The van der Waals surface area contributed by atoms with Crippen molar-refractivity contribution in [2.24, 2.45) is 5.92 Å². The first-order valence-corrected chi connectivity index (χ1v) is 6.49. The van der Waals surface area contributed by atoms with Crippen molar-refractivity contribution in [3.05, 3.63) is 29.0 Å². The number of hydrogen-bond acceptors (Lipinski definition) is 2. The molecule has 54 valence electrons. The molecule has 2 unspecified atom stereocenters. The molecule has 0 nitrogen and oxygen atoms in total. The van der Waals surface area contributed by atoms with Crippen LogP contribution in [0.25, 0.3) is 0 Å². The lowest BCUT2D eigenvalue weighted by Gasteiger charge is -2.24. The van der Waals surface area contributed by atoms with E-state index < -0.39 is 0 Å². The third kappa shape index (κ3) is 0.718. The van der Waals surface area contributed by atoms with Gasteiger partial charge in [-0.05, 0) is 22.0 Å². The van der Waals surface area contributed by atoms with Crippen LogP contribution < -0.4 is 0 Å². The maximum absolute atomic E-state index is 3.58. The average molecular weight is 194 g/mol. The molecular formula is C8H6S2Si. The SMILES string of the molecule is [C]1[SiH]=C2C=CSC23SC=CC13. The Morgan fingerprint density at radius 2 is 2.36 bits per heavy atom. The fourth-order valence-electron chi connectivity index (χ4n) is 1.65. The lowest BCUT2D eigenvalue weighted by Crippen LogP contribution is -2.27. The summed E-state index contributed by atoms with van der Waals surface area (Å²) in [5.74, 6) is 0.609. The molecule has 3 heterocycles. The van der Waals surface area contributed by atoms with Crippen LogP contribution in [0.4, 0.5) is 0 Å². The molecule has 3 heteroatoms. The third-order valence-electron chi connectivity index (χ3n) is 2.24. The molecule has 2 radical (unpaired) electrons. The van der Waals surface area contributed by atoms with Crippen LogP contribution >= 0.6 is 23.5 Å². The van der Waals surface area contributed by atoms with Crippen LogP contribution in [-0.4, -0.2) is 18.4 Å². The predicted molar refractivity (Wildman–Crippen MR) is 55.1 cm³/mol. The highest BCUT2D eigenvalue weighted by Gasteiger charge is 2.48. The van der Waals surface area contributed by atoms with E-state index in [0.29, 0.717) is 19.1 Å². The van der Waals surface area contributed by atoms with E-state index in [1.807, 2.05) is 23.5 Å². The Morgan fingerprint density at radius 3 is 3.36 bits per heavy atom. The van der Waals surface area contributed by atoms with Gasteiger partial charge in [0.05, 0.1) is 4.08 Å². The minimum absolute atomic E-state index is 0.367. The summed E-state index contributed by atoms with van der Waals surface area (Å²) in [7, 11) is 0.367. The van der Waals surface area contributed by atoms with Crippen LogP contribution in [0.2, 0.25) is 0 Å². The van der Waals surface area contributed by atoms with Crippen LogP contribution in [0.1, 0.15) is 0 Å². The summed E-state index contributed by atoms with van der Waals surface area (Å²) in [4.78, 5) is 0. The van der Waals surface area contributed by atoms with Crippen molar-refractivity contribution in [2.45, 2.75) is 4.08 Å². The molecule has 0 aromatic rings. The second-order valence-electron chi connectivity index (χ2n) is 2.78. The first-order valence-electron chi connectivity index (χ1n) is 3.57. The van der Waals surface area contributed by atoms with Crippen molar-refractivity contribution in [1.82, 2.24) is 0 Å². The van der Waals surface area contributed by atoms with E-state index in [-0.39, 0.29) is 0 Å². The Balaban J connectivity index is 2.12. The van der Waals surface area contributed by atoms with E-state index >= 15 is 0 Å².